The molecule has 0 aliphatic carbocycles. The second-order valence-electron chi connectivity index (χ2n) is 4.39. The Kier molecular flexibility index (Phi) is 5.15. The Bertz CT molecular complexity index is 555. The molecule has 0 fully saturated rings. The average molecular weight is 290 g/mol. The number of carbonyl (C=O) groups is 1. The summed E-state index contributed by atoms with van der Waals surface area (Å²) in [7, 11) is 1.63. The molecule has 5 heteroatoms. The summed E-state index contributed by atoms with van der Waals surface area (Å²) in [6.07, 6.45) is 0. The molecule has 106 valence electrons. The number of carbonyl (C=O) groups excluding carboxylic acids is 1. The lowest BCUT2D eigenvalue weighted by Gasteiger charge is -2.22. The highest BCUT2D eigenvalue weighted by molar-refractivity contribution is 7.09. The van der Waals surface area contributed by atoms with Crippen molar-refractivity contribution in [2.24, 2.45) is 0 Å². The van der Waals surface area contributed by atoms with Crippen molar-refractivity contribution >= 4 is 22.9 Å². The molecule has 1 amide bonds. The number of thiophene rings is 1. The third kappa shape index (κ3) is 3.59. The Morgan fingerprint density at radius 2 is 2.10 bits per heavy atom. The maximum atomic E-state index is 12.6. The summed E-state index contributed by atoms with van der Waals surface area (Å²) in [6, 6.07) is 11.1. The van der Waals surface area contributed by atoms with E-state index >= 15 is 0 Å². The molecule has 0 spiro atoms. The van der Waals surface area contributed by atoms with Gasteiger partial charge in [-0.15, -0.1) is 11.3 Å². The van der Waals surface area contributed by atoms with Gasteiger partial charge in [-0.2, -0.15) is 0 Å². The predicted molar refractivity (Wildman–Crippen MR) is 81.8 cm³/mol. The molecule has 0 aliphatic heterocycles. The summed E-state index contributed by atoms with van der Waals surface area (Å²) in [5.74, 6) is -0.0615. The Labute approximate surface area is 122 Å². The minimum Gasteiger partial charge on any atom is -0.398 e. The maximum absolute atomic E-state index is 12.6. The second kappa shape index (κ2) is 7.07. The van der Waals surface area contributed by atoms with Crippen molar-refractivity contribution in [1.29, 1.82) is 0 Å². The Morgan fingerprint density at radius 1 is 1.30 bits per heavy atom. The first-order chi connectivity index (χ1) is 9.72. The molecule has 0 unspecified atom stereocenters. The van der Waals surface area contributed by atoms with Gasteiger partial charge in [-0.25, -0.2) is 0 Å². The van der Waals surface area contributed by atoms with Crippen molar-refractivity contribution < 1.29 is 9.53 Å². The van der Waals surface area contributed by atoms with Crippen LogP contribution >= 0.6 is 11.3 Å². The molecule has 0 aliphatic rings. The van der Waals surface area contributed by atoms with Crippen LogP contribution in [0.15, 0.2) is 41.8 Å². The number of nitrogens with two attached hydrogens (primary N) is 1. The van der Waals surface area contributed by atoms with E-state index in [0.29, 0.717) is 30.9 Å². The number of nitrogens with zero attached hydrogens (tertiary/aromatic N) is 1. The Morgan fingerprint density at radius 3 is 2.75 bits per heavy atom. The number of methoxy groups -OCH3 is 1. The fourth-order valence-electron chi connectivity index (χ4n) is 1.91. The minimum absolute atomic E-state index is 0.0615. The molecule has 2 N–H and O–H groups in total. The molecule has 0 atom stereocenters. The number of ether oxygens (including phenoxy) is 1. The van der Waals surface area contributed by atoms with Crippen LogP contribution in [-0.2, 0) is 11.3 Å². The van der Waals surface area contributed by atoms with E-state index < -0.39 is 0 Å². The van der Waals surface area contributed by atoms with Crippen LogP contribution in [0.3, 0.4) is 0 Å². The topological polar surface area (TPSA) is 55.6 Å². The summed E-state index contributed by atoms with van der Waals surface area (Å²) in [6.45, 7) is 1.62. The van der Waals surface area contributed by atoms with E-state index in [9.17, 15) is 4.79 Å². The normalized spacial score (nSPS) is 10.4. The van der Waals surface area contributed by atoms with Gasteiger partial charge in [-0.1, -0.05) is 18.2 Å². The first-order valence-electron chi connectivity index (χ1n) is 6.37. The van der Waals surface area contributed by atoms with Crippen LogP contribution < -0.4 is 5.73 Å². The van der Waals surface area contributed by atoms with Crippen molar-refractivity contribution in [3.05, 3.63) is 52.2 Å². The average Bonchev–Trinajstić information content (AvgIpc) is 2.96. The molecular weight excluding hydrogens is 272 g/mol. The van der Waals surface area contributed by atoms with Crippen LogP contribution in [0.4, 0.5) is 5.69 Å². The van der Waals surface area contributed by atoms with E-state index in [-0.39, 0.29) is 5.91 Å². The highest BCUT2D eigenvalue weighted by atomic mass is 32.1. The zero-order chi connectivity index (χ0) is 14.4. The molecule has 20 heavy (non-hydrogen) atoms. The van der Waals surface area contributed by atoms with Crippen molar-refractivity contribution in [3.63, 3.8) is 0 Å². The second-order valence-corrected chi connectivity index (χ2v) is 5.42. The largest absolute Gasteiger partial charge is 0.398 e. The first kappa shape index (κ1) is 14.6. The lowest BCUT2D eigenvalue weighted by atomic mass is 10.1. The van der Waals surface area contributed by atoms with Gasteiger partial charge in [0.15, 0.2) is 0 Å². The summed E-state index contributed by atoms with van der Waals surface area (Å²) >= 11 is 1.64. The molecule has 1 aromatic heterocycles. The summed E-state index contributed by atoms with van der Waals surface area (Å²) in [5, 5.41) is 2.01. The van der Waals surface area contributed by atoms with Gasteiger partial charge < -0.3 is 15.4 Å². The fraction of sp³-hybridized carbons (Fsp3) is 0.267. The van der Waals surface area contributed by atoms with Crippen LogP contribution in [0.5, 0.6) is 0 Å². The zero-order valence-electron chi connectivity index (χ0n) is 11.4. The smallest absolute Gasteiger partial charge is 0.256 e. The number of amides is 1. The first-order valence-corrected chi connectivity index (χ1v) is 7.25. The molecule has 0 saturated heterocycles. The highest BCUT2D eigenvalue weighted by Crippen LogP contribution is 2.17. The molecule has 0 saturated carbocycles. The van der Waals surface area contributed by atoms with Crippen LogP contribution in [0.1, 0.15) is 15.2 Å². The zero-order valence-corrected chi connectivity index (χ0v) is 12.2. The summed E-state index contributed by atoms with van der Waals surface area (Å²) in [4.78, 5) is 15.5. The standard InChI is InChI=1S/C15H18N2O2S/c1-19-9-8-17(11-12-5-4-10-20-12)15(18)13-6-2-3-7-14(13)16/h2-7,10H,8-9,11,16H2,1H3. The third-order valence-electron chi connectivity index (χ3n) is 2.97. The van der Waals surface area contributed by atoms with Crippen LogP contribution in [0, 0.1) is 0 Å². The minimum atomic E-state index is -0.0615. The van der Waals surface area contributed by atoms with E-state index in [2.05, 4.69) is 0 Å². The number of nitrogen functional groups attached to an aromatic ring is 1. The van der Waals surface area contributed by atoms with Crippen LogP contribution in [0.25, 0.3) is 0 Å². The monoisotopic (exact) mass is 290 g/mol. The fourth-order valence-corrected chi connectivity index (χ4v) is 2.63. The molecule has 1 aromatic carbocycles. The molecular formula is C15H18N2O2S. The van der Waals surface area contributed by atoms with Gasteiger partial charge in [0.2, 0.25) is 0 Å². The van der Waals surface area contributed by atoms with E-state index in [1.54, 1.807) is 35.5 Å². The van der Waals surface area contributed by atoms with E-state index in [0.717, 1.165) is 4.88 Å². The quantitative estimate of drug-likeness (QED) is 0.832. The lowest BCUT2D eigenvalue weighted by Crippen LogP contribution is -2.33. The van der Waals surface area contributed by atoms with Gasteiger partial charge >= 0.3 is 0 Å². The van der Waals surface area contributed by atoms with Gasteiger partial charge in [0.25, 0.3) is 5.91 Å². The molecule has 0 radical (unpaired) electrons. The van der Waals surface area contributed by atoms with Gasteiger partial charge in [-0.3, -0.25) is 4.79 Å². The maximum Gasteiger partial charge on any atom is 0.256 e. The SMILES string of the molecule is COCCN(Cc1cccs1)C(=O)c1ccccc1N. The van der Waals surface area contributed by atoms with Gasteiger partial charge in [-0.05, 0) is 23.6 Å². The number of hydrogen-bond acceptors (Lipinski definition) is 4. The third-order valence-corrected chi connectivity index (χ3v) is 3.83. The summed E-state index contributed by atoms with van der Waals surface area (Å²) in [5.41, 5.74) is 6.93. The lowest BCUT2D eigenvalue weighted by molar-refractivity contribution is 0.0683. The summed E-state index contributed by atoms with van der Waals surface area (Å²) < 4.78 is 5.09. The number of benzene rings is 1. The molecule has 4 nitrogen and oxygen atoms in total. The van der Waals surface area contributed by atoms with Crippen molar-refractivity contribution in [1.82, 2.24) is 4.90 Å². The molecule has 2 aromatic rings. The number of para-hydroxylation sites is 1. The molecule has 0 bridgehead atoms. The Balaban J connectivity index is 2.17. The van der Waals surface area contributed by atoms with Gasteiger partial charge in [0, 0.05) is 24.2 Å². The van der Waals surface area contributed by atoms with Crippen molar-refractivity contribution in [3.8, 4) is 0 Å². The van der Waals surface area contributed by atoms with E-state index in [1.807, 2.05) is 29.6 Å². The number of hydrogen-bond donors (Lipinski definition) is 1. The van der Waals surface area contributed by atoms with E-state index in [4.69, 9.17) is 10.5 Å². The van der Waals surface area contributed by atoms with Crippen LogP contribution in [-0.4, -0.2) is 31.1 Å². The Hall–Kier alpha value is -1.85. The van der Waals surface area contributed by atoms with Gasteiger partial charge in [0.05, 0.1) is 18.7 Å². The van der Waals surface area contributed by atoms with Crippen molar-refractivity contribution in [2.75, 3.05) is 26.0 Å². The highest BCUT2D eigenvalue weighted by Gasteiger charge is 2.18. The number of rotatable bonds is 6. The van der Waals surface area contributed by atoms with Crippen molar-refractivity contribution in [2.45, 2.75) is 6.54 Å². The molecule has 2 rings (SSSR count). The predicted octanol–water partition coefficient (Wildman–Crippen LogP) is 2.62. The van der Waals surface area contributed by atoms with Crippen LogP contribution in [0.2, 0.25) is 0 Å². The van der Waals surface area contributed by atoms with E-state index in [1.165, 1.54) is 0 Å². The number of anilines is 1. The molecule has 1 heterocycles. The van der Waals surface area contributed by atoms with Gasteiger partial charge in [0.1, 0.15) is 0 Å².